The van der Waals surface area contributed by atoms with Gasteiger partial charge >= 0.3 is 0 Å². The molecule has 1 amide bonds. The summed E-state index contributed by atoms with van der Waals surface area (Å²) in [4.78, 5) is 16.4. The first-order chi connectivity index (χ1) is 10.0. The molecule has 110 valence electrons. The molecule has 2 aromatic rings. The zero-order chi connectivity index (χ0) is 15.3. The second-order valence-electron chi connectivity index (χ2n) is 4.96. The molecule has 0 aliphatic rings. The Bertz CT molecular complexity index is 595. The minimum absolute atomic E-state index is 0.232. The Morgan fingerprint density at radius 3 is 2.57 bits per heavy atom. The van der Waals surface area contributed by atoms with Crippen molar-refractivity contribution in [2.24, 2.45) is 5.73 Å². The average molecular weight is 285 g/mol. The molecule has 0 bridgehead atoms. The molecule has 1 aromatic carbocycles. The molecule has 0 aliphatic carbocycles. The van der Waals surface area contributed by atoms with Crippen molar-refractivity contribution >= 4 is 5.91 Å². The highest BCUT2D eigenvalue weighted by molar-refractivity contribution is 5.86. The summed E-state index contributed by atoms with van der Waals surface area (Å²) in [6, 6.07) is 12.9. The van der Waals surface area contributed by atoms with Gasteiger partial charge in [-0.1, -0.05) is 36.4 Å². The van der Waals surface area contributed by atoms with Crippen LogP contribution in [0.4, 0.5) is 0 Å². The van der Waals surface area contributed by atoms with Crippen molar-refractivity contribution in [1.29, 1.82) is 0 Å². The number of pyridine rings is 1. The van der Waals surface area contributed by atoms with Crippen LogP contribution in [0.15, 0.2) is 48.7 Å². The zero-order valence-corrected chi connectivity index (χ0v) is 12.2. The predicted octanol–water partition coefficient (Wildman–Crippen LogP) is 1.58. The molecule has 0 fully saturated rings. The average Bonchev–Trinajstić information content (AvgIpc) is 2.53. The van der Waals surface area contributed by atoms with E-state index in [1.807, 2.05) is 36.4 Å². The Labute approximate surface area is 124 Å². The van der Waals surface area contributed by atoms with Gasteiger partial charge in [0.05, 0.1) is 7.11 Å². The van der Waals surface area contributed by atoms with E-state index in [0.29, 0.717) is 12.4 Å². The number of hydrogen-bond acceptors (Lipinski definition) is 4. The SMILES string of the molecule is COc1ccc(CNC(=O)C(C)(N)c2ccccc2)cn1. The number of methoxy groups -OCH3 is 1. The Balaban J connectivity index is 2.00. The number of nitrogens with zero attached hydrogens (tertiary/aromatic N) is 1. The monoisotopic (exact) mass is 285 g/mol. The molecule has 1 atom stereocenters. The molecule has 0 saturated heterocycles. The van der Waals surface area contributed by atoms with E-state index in [1.165, 1.54) is 0 Å². The molecule has 2 rings (SSSR count). The maximum absolute atomic E-state index is 12.3. The number of nitrogens with one attached hydrogen (secondary N) is 1. The number of nitrogens with two attached hydrogens (primary N) is 1. The fourth-order valence-corrected chi connectivity index (χ4v) is 1.92. The van der Waals surface area contributed by atoms with Gasteiger partial charge in [0.25, 0.3) is 0 Å². The van der Waals surface area contributed by atoms with Crippen LogP contribution in [0.3, 0.4) is 0 Å². The van der Waals surface area contributed by atoms with Crippen molar-refractivity contribution in [3.63, 3.8) is 0 Å². The van der Waals surface area contributed by atoms with Crippen LogP contribution in [-0.2, 0) is 16.9 Å². The van der Waals surface area contributed by atoms with Crippen LogP contribution in [0.1, 0.15) is 18.1 Å². The summed E-state index contributed by atoms with van der Waals surface area (Å²) in [6.07, 6.45) is 1.66. The lowest BCUT2D eigenvalue weighted by molar-refractivity contribution is -0.126. The Hall–Kier alpha value is -2.40. The molecule has 1 unspecified atom stereocenters. The molecule has 0 spiro atoms. The molecular weight excluding hydrogens is 266 g/mol. The standard InChI is InChI=1S/C16H19N3O2/c1-16(17,13-6-4-3-5-7-13)15(20)19-11-12-8-9-14(21-2)18-10-12/h3-10H,11,17H2,1-2H3,(H,19,20). The van der Waals surface area contributed by atoms with Crippen LogP contribution in [0.2, 0.25) is 0 Å². The Morgan fingerprint density at radius 1 is 1.29 bits per heavy atom. The van der Waals surface area contributed by atoms with Gasteiger partial charge in [-0.3, -0.25) is 4.79 Å². The maximum atomic E-state index is 12.3. The highest BCUT2D eigenvalue weighted by Crippen LogP contribution is 2.17. The second-order valence-corrected chi connectivity index (χ2v) is 4.96. The lowest BCUT2D eigenvalue weighted by Gasteiger charge is -2.24. The molecular formula is C16H19N3O2. The Kier molecular flexibility index (Phi) is 4.55. The van der Waals surface area contributed by atoms with Crippen molar-refractivity contribution in [3.8, 4) is 5.88 Å². The van der Waals surface area contributed by atoms with E-state index < -0.39 is 5.54 Å². The number of benzene rings is 1. The normalized spacial score (nSPS) is 13.3. The number of hydrogen-bond donors (Lipinski definition) is 2. The van der Waals surface area contributed by atoms with Crippen molar-refractivity contribution < 1.29 is 9.53 Å². The molecule has 1 heterocycles. The third-order valence-electron chi connectivity index (χ3n) is 3.30. The molecule has 3 N–H and O–H groups in total. The molecule has 21 heavy (non-hydrogen) atoms. The Morgan fingerprint density at radius 2 is 2.00 bits per heavy atom. The van der Waals surface area contributed by atoms with E-state index in [1.54, 1.807) is 26.3 Å². The summed E-state index contributed by atoms with van der Waals surface area (Å²) in [6.45, 7) is 2.07. The van der Waals surface area contributed by atoms with Gasteiger partial charge in [0.2, 0.25) is 11.8 Å². The molecule has 0 saturated carbocycles. The fourth-order valence-electron chi connectivity index (χ4n) is 1.92. The van der Waals surface area contributed by atoms with Gasteiger partial charge in [-0.2, -0.15) is 0 Å². The van der Waals surface area contributed by atoms with Crippen molar-refractivity contribution in [2.75, 3.05) is 7.11 Å². The van der Waals surface area contributed by atoms with Crippen molar-refractivity contribution in [1.82, 2.24) is 10.3 Å². The number of ether oxygens (including phenoxy) is 1. The first-order valence-corrected chi connectivity index (χ1v) is 6.65. The zero-order valence-electron chi connectivity index (χ0n) is 12.2. The number of rotatable bonds is 5. The van der Waals surface area contributed by atoms with E-state index in [-0.39, 0.29) is 5.91 Å². The van der Waals surface area contributed by atoms with E-state index in [0.717, 1.165) is 11.1 Å². The highest BCUT2D eigenvalue weighted by Gasteiger charge is 2.29. The fraction of sp³-hybridized carbons (Fsp3) is 0.250. The van der Waals surface area contributed by atoms with Crippen LogP contribution >= 0.6 is 0 Å². The summed E-state index contributed by atoms with van der Waals surface area (Å²) in [5, 5.41) is 2.83. The number of aromatic nitrogens is 1. The summed E-state index contributed by atoms with van der Waals surface area (Å²) in [5.41, 5.74) is 6.73. The van der Waals surface area contributed by atoms with Gasteiger partial charge in [0.15, 0.2) is 0 Å². The quantitative estimate of drug-likeness (QED) is 0.874. The summed E-state index contributed by atoms with van der Waals surface area (Å²) >= 11 is 0. The number of amides is 1. The first-order valence-electron chi connectivity index (χ1n) is 6.65. The minimum Gasteiger partial charge on any atom is -0.481 e. The summed E-state index contributed by atoms with van der Waals surface area (Å²) < 4.78 is 4.99. The lowest BCUT2D eigenvalue weighted by atomic mass is 9.92. The summed E-state index contributed by atoms with van der Waals surface area (Å²) in [5.74, 6) is 0.308. The molecule has 0 radical (unpaired) electrons. The van der Waals surface area contributed by atoms with Crippen molar-refractivity contribution in [3.05, 3.63) is 59.8 Å². The second kappa shape index (κ2) is 6.37. The van der Waals surface area contributed by atoms with Gasteiger partial charge in [0, 0.05) is 18.8 Å². The van der Waals surface area contributed by atoms with Gasteiger partial charge in [-0.25, -0.2) is 4.98 Å². The first kappa shape index (κ1) is 15.0. The smallest absolute Gasteiger partial charge is 0.244 e. The van der Waals surface area contributed by atoms with Crippen LogP contribution in [-0.4, -0.2) is 18.0 Å². The lowest BCUT2D eigenvalue weighted by Crippen LogP contribution is -2.48. The van der Waals surface area contributed by atoms with Gasteiger partial charge in [0.1, 0.15) is 5.54 Å². The van der Waals surface area contributed by atoms with Crippen LogP contribution in [0.5, 0.6) is 5.88 Å². The minimum atomic E-state index is -1.07. The van der Waals surface area contributed by atoms with Crippen molar-refractivity contribution in [2.45, 2.75) is 19.0 Å². The van der Waals surface area contributed by atoms with Gasteiger partial charge in [-0.05, 0) is 18.1 Å². The molecule has 0 aliphatic heterocycles. The van der Waals surface area contributed by atoms with E-state index >= 15 is 0 Å². The van der Waals surface area contributed by atoms with E-state index in [9.17, 15) is 4.79 Å². The topological polar surface area (TPSA) is 77.2 Å². The predicted molar refractivity (Wildman–Crippen MR) is 80.6 cm³/mol. The van der Waals surface area contributed by atoms with E-state index in [4.69, 9.17) is 10.5 Å². The maximum Gasteiger partial charge on any atom is 0.244 e. The van der Waals surface area contributed by atoms with Crippen LogP contribution < -0.4 is 15.8 Å². The van der Waals surface area contributed by atoms with Gasteiger partial charge in [-0.15, -0.1) is 0 Å². The largest absolute Gasteiger partial charge is 0.481 e. The highest BCUT2D eigenvalue weighted by atomic mass is 16.5. The van der Waals surface area contributed by atoms with Crippen LogP contribution in [0, 0.1) is 0 Å². The number of carbonyl (C=O) groups excluding carboxylic acids is 1. The summed E-state index contributed by atoms with van der Waals surface area (Å²) in [7, 11) is 1.56. The van der Waals surface area contributed by atoms with Gasteiger partial charge < -0.3 is 15.8 Å². The third kappa shape index (κ3) is 3.58. The van der Waals surface area contributed by atoms with E-state index in [2.05, 4.69) is 10.3 Å². The van der Waals surface area contributed by atoms with Crippen LogP contribution in [0.25, 0.3) is 0 Å². The third-order valence-corrected chi connectivity index (χ3v) is 3.30. The molecule has 5 heteroatoms. The molecule has 5 nitrogen and oxygen atoms in total. The number of carbonyl (C=O) groups is 1. The molecule has 1 aromatic heterocycles.